The van der Waals surface area contributed by atoms with Crippen molar-refractivity contribution in [3.8, 4) is 5.75 Å². The van der Waals surface area contributed by atoms with Gasteiger partial charge in [0.2, 0.25) is 0 Å². The highest BCUT2D eigenvalue weighted by atomic mass is 16.5. The third kappa shape index (κ3) is 4.89. The zero-order valence-electron chi connectivity index (χ0n) is 19.8. The number of carbonyl (C=O) groups excluding carboxylic acids is 2. The summed E-state index contributed by atoms with van der Waals surface area (Å²) in [6.45, 7) is 4.34. The minimum Gasteiger partial charge on any atom is -0.427 e. The van der Waals surface area contributed by atoms with Crippen LogP contribution in [0.25, 0.3) is 0 Å². The van der Waals surface area contributed by atoms with Gasteiger partial charge < -0.3 is 20.1 Å². The Morgan fingerprint density at radius 1 is 1.15 bits per heavy atom. The fourth-order valence-corrected chi connectivity index (χ4v) is 6.12. The molecule has 3 aliphatic rings. The van der Waals surface area contributed by atoms with Gasteiger partial charge in [-0.3, -0.25) is 9.59 Å². The van der Waals surface area contributed by atoms with Gasteiger partial charge in [-0.25, -0.2) is 0 Å². The lowest BCUT2D eigenvalue weighted by molar-refractivity contribution is -0.131. The summed E-state index contributed by atoms with van der Waals surface area (Å²) in [5.74, 6) is 0.952. The first kappa shape index (κ1) is 23.1. The van der Waals surface area contributed by atoms with Crippen molar-refractivity contribution in [2.24, 2.45) is 11.8 Å². The number of nitrogens with zero attached hydrogens (tertiary/aromatic N) is 1. The van der Waals surface area contributed by atoms with Crippen molar-refractivity contribution < 1.29 is 19.4 Å². The average molecular weight is 463 g/mol. The molecule has 6 nitrogen and oxygen atoms in total. The van der Waals surface area contributed by atoms with E-state index in [0.717, 1.165) is 44.0 Å². The summed E-state index contributed by atoms with van der Waals surface area (Å²) < 4.78 is 5.40. The molecule has 2 aliphatic carbocycles. The van der Waals surface area contributed by atoms with Crippen LogP contribution >= 0.6 is 0 Å². The molecule has 6 heteroatoms. The number of ether oxygens (including phenoxy) is 1. The number of carbonyl (C=O) groups is 2. The lowest BCUT2D eigenvalue weighted by atomic mass is 9.57. The quantitative estimate of drug-likeness (QED) is 0.507. The molecule has 3 fully saturated rings. The number of piperidine rings is 1. The molecule has 2 saturated carbocycles. The van der Waals surface area contributed by atoms with E-state index in [2.05, 4.69) is 16.3 Å². The molecule has 2 aromatic carbocycles. The number of amides is 1. The van der Waals surface area contributed by atoms with Gasteiger partial charge in [-0.1, -0.05) is 30.3 Å². The normalized spacial score (nSPS) is 29.2. The maximum absolute atomic E-state index is 12.9. The van der Waals surface area contributed by atoms with Crippen LogP contribution in [0.1, 0.15) is 54.9 Å². The summed E-state index contributed by atoms with van der Waals surface area (Å²) in [7, 11) is 0. The monoisotopic (exact) mass is 462 g/mol. The van der Waals surface area contributed by atoms with Crippen LogP contribution in [0, 0.1) is 11.8 Å². The van der Waals surface area contributed by atoms with Crippen LogP contribution in [-0.2, 0) is 10.2 Å². The SMILES string of the molecule is CC(=O)Oc1cccc(C23CCN(CC4CC4)CC2C(O)CC(NC(=O)c2ccccc2)C3)c1. The minimum absolute atomic E-state index is 0.0671. The minimum atomic E-state index is -0.519. The molecule has 4 atom stereocenters. The van der Waals surface area contributed by atoms with Crippen LogP contribution < -0.4 is 10.1 Å². The predicted octanol–water partition coefficient (Wildman–Crippen LogP) is 3.53. The maximum Gasteiger partial charge on any atom is 0.308 e. The summed E-state index contributed by atoms with van der Waals surface area (Å²) >= 11 is 0. The molecular weight excluding hydrogens is 428 g/mol. The Kier molecular flexibility index (Phi) is 6.45. The van der Waals surface area contributed by atoms with E-state index < -0.39 is 6.10 Å². The number of rotatable bonds is 6. The molecule has 0 bridgehead atoms. The number of nitrogens with one attached hydrogen (secondary N) is 1. The molecular formula is C28H34N2O4. The molecule has 5 rings (SSSR count). The summed E-state index contributed by atoms with van der Waals surface area (Å²) in [6, 6.07) is 16.9. The lowest BCUT2D eigenvalue weighted by Crippen LogP contribution is -2.61. The number of fused-ring (bicyclic) bond motifs is 1. The van der Waals surface area contributed by atoms with Gasteiger partial charge in [0.15, 0.2) is 0 Å². The van der Waals surface area contributed by atoms with Gasteiger partial charge in [-0.2, -0.15) is 0 Å². The van der Waals surface area contributed by atoms with Crippen molar-refractivity contribution in [3.05, 3.63) is 65.7 Å². The molecule has 1 aliphatic heterocycles. The Labute approximate surface area is 201 Å². The summed E-state index contributed by atoms with van der Waals surface area (Å²) in [5.41, 5.74) is 1.42. The fourth-order valence-electron chi connectivity index (χ4n) is 6.12. The molecule has 2 N–H and O–H groups in total. The molecule has 0 spiro atoms. The Morgan fingerprint density at radius 2 is 1.94 bits per heavy atom. The van der Waals surface area contributed by atoms with E-state index in [0.29, 0.717) is 17.7 Å². The second kappa shape index (κ2) is 9.51. The Hall–Kier alpha value is -2.70. The number of aliphatic hydroxyl groups excluding tert-OH is 1. The van der Waals surface area contributed by atoms with Crippen LogP contribution in [0.5, 0.6) is 5.75 Å². The van der Waals surface area contributed by atoms with Crippen molar-refractivity contribution in [2.45, 2.75) is 56.6 Å². The van der Waals surface area contributed by atoms with E-state index >= 15 is 0 Å². The van der Waals surface area contributed by atoms with Crippen molar-refractivity contribution in [1.82, 2.24) is 10.2 Å². The smallest absolute Gasteiger partial charge is 0.308 e. The highest BCUT2D eigenvalue weighted by Crippen LogP contribution is 2.50. The average Bonchev–Trinajstić information content (AvgIpc) is 3.64. The number of likely N-dealkylation sites (tertiary alicyclic amines) is 1. The number of esters is 1. The summed E-state index contributed by atoms with van der Waals surface area (Å²) in [4.78, 5) is 27.0. The van der Waals surface area contributed by atoms with Gasteiger partial charge in [0, 0.05) is 43.0 Å². The van der Waals surface area contributed by atoms with Gasteiger partial charge >= 0.3 is 5.97 Å². The summed E-state index contributed by atoms with van der Waals surface area (Å²) in [5, 5.41) is 14.6. The second-order valence-corrected chi connectivity index (χ2v) is 10.4. The van der Waals surface area contributed by atoms with Crippen molar-refractivity contribution in [2.75, 3.05) is 19.6 Å². The Balaban J connectivity index is 1.43. The molecule has 180 valence electrons. The number of hydrogen-bond acceptors (Lipinski definition) is 5. The molecule has 34 heavy (non-hydrogen) atoms. The lowest BCUT2D eigenvalue weighted by Gasteiger charge is -2.55. The first-order valence-corrected chi connectivity index (χ1v) is 12.5. The van der Waals surface area contributed by atoms with Gasteiger partial charge in [0.1, 0.15) is 5.75 Å². The molecule has 2 aromatic rings. The van der Waals surface area contributed by atoms with Gasteiger partial charge in [-0.05, 0) is 74.4 Å². The first-order valence-electron chi connectivity index (χ1n) is 12.5. The third-order valence-corrected chi connectivity index (χ3v) is 7.89. The molecule has 0 aromatic heterocycles. The van der Waals surface area contributed by atoms with E-state index in [4.69, 9.17) is 4.74 Å². The topological polar surface area (TPSA) is 78.9 Å². The molecule has 4 unspecified atom stereocenters. The van der Waals surface area contributed by atoms with Gasteiger partial charge in [0.25, 0.3) is 5.91 Å². The third-order valence-electron chi connectivity index (χ3n) is 7.89. The summed E-state index contributed by atoms with van der Waals surface area (Å²) in [6.07, 6.45) is 4.32. The first-order chi connectivity index (χ1) is 16.4. The van der Waals surface area contributed by atoms with Gasteiger partial charge in [0.05, 0.1) is 6.10 Å². The van der Waals surface area contributed by atoms with E-state index in [1.54, 1.807) is 6.07 Å². The maximum atomic E-state index is 12.9. The zero-order chi connectivity index (χ0) is 23.7. The van der Waals surface area contributed by atoms with E-state index in [1.807, 2.05) is 42.5 Å². The fraction of sp³-hybridized carbons (Fsp3) is 0.500. The number of aliphatic hydroxyl groups is 1. The molecule has 0 radical (unpaired) electrons. The van der Waals surface area contributed by atoms with Crippen LogP contribution in [0.3, 0.4) is 0 Å². The Bertz CT molecular complexity index is 1040. The predicted molar refractivity (Wildman–Crippen MR) is 130 cm³/mol. The zero-order valence-corrected chi connectivity index (χ0v) is 19.8. The van der Waals surface area contributed by atoms with Gasteiger partial charge in [-0.15, -0.1) is 0 Å². The van der Waals surface area contributed by atoms with E-state index in [-0.39, 0.29) is 29.3 Å². The largest absolute Gasteiger partial charge is 0.427 e. The number of benzene rings is 2. The Morgan fingerprint density at radius 3 is 2.68 bits per heavy atom. The highest BCUT2D eigenvalue weighted by Gasteiger charge is 2.52. The second-order valence-electron chi connectivity index (χ2n) is 10.4. The highest BCUT2D eigenvalue weighted by molar-refractivity contribution is 5.94. The van der Waals surface area contributed by atoms with Crippen molar-refractivity contribution in [1.29, 1.82) is 0 Å². The van der Waals surface area contributed by atoms with Crippen LogP contribution in [0.4, 0.5) is 0 Å². The van der Waals surface area contributed by atoms with Crippen LogP contribution in [0.15, 0.2) is 54.6 Å². The van der Waals surface area contributed by atoms with Crippen LogP contribution in [0.2, 0.25) is 0 Å². The van der Waals surface area contributed by atoms with Crippen molar-refractivity contribution in [3.63, 3.8) is 0 Å². The standard InChI is InChI=1S/C28H34N2O4/c1-19(31)34-24-9-5-8-22(14-24)28-12-13-30(17-20-10-11-20)18-25(28)26(32)15-23(16-28)29-27(33)21-6-3-2-4-7-21/h2-9,14,20,23,25-26,32H,10-13,15-18H2,1H3,(H,29,33). The number of hydrogen-bond donors (Lipinski definition) is 2. The molecule has 1 heterocycles. The van der Waals surface area contributed by atoms with E-state index in [9.17, 15) is 14.7 Å². The molecule has 1 saturated heterocycles. The van der Waals surface area contributed by atoms with Crippen molar-refractivity contribution >= 4 is 11.9 Å². The molecule has 1 amide bonds. The van der Waals surface area contributed by atoms with Crippen LogP contribution in [-0.4, -0.2) is 53.7 Å². The van der Waals surface area contributed by atoms with E-state index in [1.165, 1.54) is 19.8 Å².